The summed E-state index contributed by atoms with van der Waals surface area (Å²) in [5.41, 5.74) is -0.560. The number of amides is 1. The first kappa shape index (κ1) is 38.9. The minimum atomic E-state index is -3.03. The summed E-state index contributed by atoms with van der Waals surface area (Å²) in [7, 11) is 0. The smallest absolute Gasteiger partial charge is 0.337 e. The molecule has 0 saturated heterocycles. The van der Waals surface area contributed by atoms with Gasteiger partial charge in [0.2, 0.25) is 5.91 Å². The summed E-state index contributed by atoms with van der Waals surface area (Å²) in [5.74, 6) is -7.80. The van der Waals surface area contributed by atoms with Gasteiger partial charge in [0.15, 0.2) is 5.60 Å². The van der Waals surface area contributed by atoms with Crippen molar-refractivity contribution in [2.24, 2.45) is 5.92 Å². The van der Waals surface area contributed by atoms with Crippen LogP contribution in [0, 0.1) is 5.92 Å². The number of allylic oxidation sites excluding steroid dienone is 1. The predicted molar refractivity (Wildman–Crippen MR) is 179 cm³/mol. The average Bonchev–Trinajstić information content (AvgIpc) is 3.03. The van der Waals surface area contributed by atoms with Crippen LogP contribution in [-0.4, -0.2) is 61.7 Å². The zero-order valence-corrected chi connectivity index (χ0v) is 27.2. The number of hydrogen-bond acceptors (Lipinski definition) is 6. The molecule has 0 bridgehead atoms. The fourth-order valence-electron chi connectivity index (χ4n) is 5.39. The van der Waals surface area contributed by atoms with Crippen molar-refractivity contribution >= 4 is 29.6 Å². The molecule has 0 heterocycles. The van der Waals surface area contributed by atoms with Crippen molar-refractivity contribution in [2.45, 2.75) is 108 Å². The number of hydrogen-bond donors (Lipinski definition) is 5. The fraction of sp³-hybridized carbons (Fsp3) is 0.486. The zero-order chi connectivity index (χ0) is 34.7. The molecule has 2 rings (SSSR count). The van der Waals surface area contributed by atoms with Crippen molar-refractivity contribution in [1.29, 1.82) is 0 Å². The van der Waals surface area contributed by atoms with Gasteiger partial charge < -0.3 is 25.7 Å². The molecule has 10 heteroatoms. The van der Waals surface area contributed by atoms with Gasteiger partial charge in [0.25, 0.3) is 0 Å². The van der Waals surface area contributed by atoms with Crippen LogP contribution in [-0.2, 0) is 30.4 Å². The van der Waals surface area contributed by atoms with E-state index in [2.05, 4.69) is 12.2 Å². The Labute approximate surface area is 276 Å². The zero-order valence-electron chi connectivity index (χ0n) is 27.2. The molecule has 2 aromatic rings. The van der Waals surface area contributed by atoms with Gasteiger partial charge in [-0.1, -0.05) is 112 Å². The molecular formula is C37H49NO9. The molecule has 1 amide bonds. The lowest BCUT2D eigenvalue weighted by Gasteiger charge is -2.29. The molecule has 10 nitrogen and oxygen atoms in total. The molecule has 2 aromatic carbocycles. The Morgan fingerprint density at radius 1 is 0.766 bits per heavy atom. The van der Waals surface area contributed by atoms with Crippen LogP contribution in [0.25, 0.3) is 11.1 Å². The number of unbranched alkanes of at least 4 members (excludes halogenated alkanes) is 8. The Morgan fingerprint density at radius 2 is 1.34 bits per heavy atom. The highest BCUT2D eigenvalue weighted by Crippen LogP contribution is 2.26. The van der Waals surface area contributed by atoms with Crippen molar-refractivity contribution in [3.05, 3.63) is 72.3 Å². The number of aliphatic carboxylic acids is 3. The largest absolute Gasteiger partial charge is 0.481 e. The van der Waals surface area contributed by atoms with E-state index in [9.17, 15) is 44.4 Å². The molecule has 3 atom stereocenters. The van der Waals surface area contributed by atoms with Gasteiger partial charge in [0.1, 0.15) is 11.8 Å². The second-order valence-corrected chi connectivity index (χ2v) is 12.0. The van der Waals surface area contributed by atoms with Crippen LogP contribution >= 0.6 is 0 Å². The first-order valence-electron chi connectivity index (χ1n) is 16.5. The minimum absolute atomic E-state index is 0.135. The lowest BCUT2D eigenvalue weighted by Crippen LogP contribution is -2.55. The Kier molecular flexibility index (Phi) is 17.2. The summed E-state index contributed by atoms with van der Waals surface area (Å²) in [5, 5.41) is 42.1. The maximum Gasteiger partial charge on any atom is 0.337 e. The van der Waals surface area contributed by atoms with Crippen LogP contribution in [0.1, 0.15) is 96.0 Å². The number of ketones is 1. The monoisotopic (exact) mass is 651 g/mol. The van der Waals surface area contributed by atoms with Gasteiger partial charge in [-0.15, -0.1) is 0 Å². The highest BCUT2D eigenvalue weighted by Gasteiger charge is 2.49. The Balaban J connectivity index is 2.02. The normalized spacial score (nSPS) is 13.8. The second-order valence-electron chi connectivity index (χ2n) is 12.0. The Morgan fingerprint density at radius 3 is 1.91 bits per heavy atom. The lowest BCUT2D eigenvalue weighted by atomic mass is 9.82. The molecule has 256 valence electrons. The van der Waals surface area contributed by atoms with Crippen LogP contribution in [0.4, 0.5) is 0 Å². The van der Waals surface area contributed by atoms with E-state index in [1.54, 1.807) is 12.1 Å². The summed E-state index contributed by atoms with van der Waals surface area (Å²) in [6, 6.07) is 15.1. The van der Waals surface area contributed by atoms with Gasteiger partial charge in [0.05, 0.1) is 12.3 Å². The van der Waals surface area contributed by atoms with Crippen LogP contribution < -0.4 is 5.32 Å². The standard InChI is InChI=1S/C37H49NO9/c1-2-3-4-5-6-7-13-18-30(39)19-14-8-9-15-20-31(37(47,36(45)46)26-33(40)41)34(42)38-32(35(43)44)25-27-21-23-29(24-22-27)28-16-11-10-12-17-28/h10-12,15-17,20-24,31-32,47H,2-9,13-14,18-19,25-26H2,1H3,(H,38,42)(H,40,41)(H,43,44)(H,45,46)/b20-15+/t31-,32-,37-/m0/s1. The van der Waals surface area contributed by atoms with E-state index >= 15 is 0 Å². The quantitative estimate of drug-likeness (QED) is 0.0653. The van der Waals surface area contributed by atoms with E-state index in [1.165, 1.54) is 31.8 Å². The summed E-state index contributed by atoms with van der Waals surface area (Å²) in [6.07, 6.45) is 11.5. The van der Waals surface area contributed by atoms with Gasteiger partial charge >= 0.3 is 17.9 Å². The minimum Gasteiger partial charge on any atom is -0.481 e. The lowest BCUT2D eigenvalue weighted by molar-refractivity contribution is -0.172. The molecular weight excluding hydrogens is 602 g/mol. The topological polar surface area (TPSA) is 178 Å². The Hall–Kier alpha value is -4.31. The molecule has 0 spiro atoms. The highest BCUT2D eigenvalue weighted by atomic mass is 16.4. The molecule has 47 heavy (non-hydrogen) atoms. The molecule has 0 fully saturated rings. The van der Waals surface area contributed by atoms with Gasteiger partial charge in [-0.3, -0.25) is 14.4 Å². The second kappa shape index (κ2) is 20.7. The number of aliphatic hydroxyl groups is 1. The molecule has 0 aliphatic heterocycles. The van der Waals surface area contributed by atoms with Gasteiger partial charge in [-0.25, -0.2) is 9.59 Å². The number of carboxylic acid groups (broad SMARTS) is 3. The SMILES string of the molecule is CCCCCCCCCC(=O)CCCC/C=C/[C@@H](C(=O)N[C@@H](Cc1ccc(-c2ccccc2)cc1)C(=O)O)[C@@](O)(CC(=O)O)C(=O)O. The third kappa shape index (κ3) is 13.9. The summed E-state index contributed by atoms with van der Waals surface area (Å²) in [4.78, 5) is 61.2. The molecule has 5 N–H and O–H groups in total. The third-order valence-corrected chi connectivity index (χ3v) is 8.17. The van der Waals surface area contributed by atoms with Gasteiger partial charge in [-0.2, -0.15) is 0 Å². The van der Waals surface area contributed by atoms with E-state index in [0.717, 1.165) is 36.5 Å². The van der Waals surface area contributed by atoms with Crippen LogP contribution in [0.15, 0.2) is 66.7 Å². The van der Waals surface area contributed by atoms with Crippen molar-refractivity contribution in [2.75, 3.05) is 0 Å². The van der Waals surface area contributed by atoms with E-state index < -0.39 is 47.8 Å². The molecule has 0 aromatic heterocycles. The van der Waals surface area contributed by atoms with Crippen LogP contribution in [0.5, 0.6) is 0 Å². The van der Waals surface area contributed by atoms with Crippen LogP contribution in [0.2, 0.25) is 0 Å². The van der Waals surface area contributed by atoms with E-state index in [0.29, 0.717) is 37.7 Å². The molecule has 0 unspecified atom stereocenters. The highest BCUT2D eigenvalue weighted by molar-refractivity contribution is 5.94. The number of benzene rings is 2. The number of nitrogens with one attached hydrogen (secondary N) is 1. The van der Waals surface area contributed by atoms with Crippen molar-refractivity contribution in [3.8, 4) is 11.1 Å². The van der Waals surface area contributed by atoms with Crippen molar-refractivity contribution < 1.29 is 44.4 Å². The maximum atomic E-state index is 13.3. The van der Waals surface area contributed by atoms with E-state index in [4.69, 9.17) is 0 Å². The van der Waals surface area contributed by atoms with Gasteiger partial charge in [-0.05, 0) is 42.4 Å². The van der Waals surface area contributed by atoms with Crippen molar-refractivity contribution in [3.63, 3.8) is 0 Å². The average molecular weight is 652 g/mol. The number of carbonyl (C=O) groups excluding carboxylic acids is 2. The van der Waals surface area contributed by atoms with E-state index in [-0.39, 0.29) is 12.2 Å². The summed E-state index contributed by atoms with van der Waals surface area (Å²) in [6.45, 7) is 2.17. The first-order chi connectivity index (χ1) is 22.5. The number of carbonyl (C=O) groups is 5. The molecule has 0 radical (unpaired) electrons. The number of carboxylic acids is 3. The van der Waals surface area contributed by atoms with Crippen LogP contribution in [0.3, 0.4) is 0 Å². The first-order valence-corrected chi connectivity index (χ1v) is 16.5. The summed E-state index contributed by atoms with van der Waals surface area (Å²) >= 11 is 0. The molecule has 0 saturated carbocycles. The Bertz CT molecular complexity index is 1320. The molecule has 0 aliphatic carbocycles. The predicted octanol–water partition coefficient (Wildman–Crippen LogP) is 6.20. The molecule has 0 aliphatic rings. The van der Waals surface area contributed by atoms with Gasteiger partial charge in [0, 0.05) is 19.3 Å². The van der Waals surface area contributed by atoms with Crippen molar-refractivity contribution in [1.82, 2.24) is 5.32 Å². The summed E-state index contributed by atoms with van der Waals surface area (Å²) < 4.78 is 0. The van der Waals surface area contributed by atoms with E-state index in [1.807, 2.05) is 42.5 Å². The number of Topliss-reactive ketones (excluding diaryl/α,β-unsaturated/α-hetero) is 1. The third-order valence-electron chi connectivity index (χ3n) is 8.17. The number of rotatable bonds is 24. The fourth-order valence-corrected chi connectivity index (χ4v) is 5.39. The maximum absolute atomic E-state index is 13.3.